The van der Waals surface area contributed by atoms with Crippen molar-refractivity contribution < 1.29 is 14.3 Å². The van der Waals surface area contributed by atoms with E-state index in [-0.39, 0.29) is 5.91 Å². The van der Waals surface area contributed by atoms with Crippen LogP contribution >= 0.6 is 27.3 Å². The molecule has 2 aromatic rings. The Kier molecular flexibility index (Phi) is 6.01. The Balaban J connectivity index is 1.96. The lowest BCUT2D eigenvalue weighted by atomic mass is 10.2. The number of ether oxygens (including phenoxy) is 1. The summed E-state index contributed by atoms with van der Waals surface area (Å²) in [6.45, 7) is 5.83. The third kappa shape index (κ3) is 5.98. The maximum absolute atomic E-state index is 12.2. The van der Waals surface area contributed by atoms with Crippen LogP contribution in [0.2, 0.25) is 0 Å². The summed E-state index contributed by atoms with van der Waals surface area (Å²) in [6.07, 6.45) is -0.552. The summed E-state index contributed by atoms with van der Waals surface area (Å²) in [5, 5.41) is 7.44. The third-order valence-corrected chi connectivity index (χ3v) is 4.51. The van der Waals surface area contributed by atoms with Crippen molar-refractivity contribution in [3.8, 4) is 0 Å². The predicted octanol–water partition coefficient (Wildman–Crippen LogP) is 4.79. The van der Waals surface area contributed by atoms with Crippen LogP contribution in [0.25, 0.3) is 0 Å². The van der Waals surface area contributed by atoms with Gasteiger partial charge in [-0.15, -0.1) is 11.3 Å². The average Bonchev–Trinajstić information content (AvgIpc) is 2.88. The van der Waals surface area contributed by atoms with Gasteiger partial charge in [-0.3, -0.25) is 10.1 Å². The number of carbonyl (C=O) groups excluding carboxylic acids is 2. The van der Waals surface area contributed by atoms with E-state index in [1.807, 2.05) is 11.4 Å². The molecular weight excluding hydrogens is 392 g/mol. The summed E-state index contributed by atoms with van der Waals surface area (Å²) >= 11 is 4.95. The molecule has 2 N–H and O–H groups in total. The van der Waals surface area contributed by atoms with E-state index in [9.17, 15) is 9.59 Å². The maximum atomic E-state index is 12.2. The molecule has 0 fully saturated rings. The number of anilines is 1. The molecule has 1 aromatic carbocycles. The molecule has 0 unspecified atom stereocenters. The Hall–Kier alpha value is -1.86. The summed E-state index contributed by atoms with van der Waals surface area (Å²) in [6, 6.07) is 8.69. The molecule has 0 aliphatic carbocycles. The first-order chi connectivity index (χ1) is 11.2. The molecule has 0 atom stereocenters. The monoisotopic (exact) mass is 410 g/mol. The zero-order valence-electron chi connectivity index (χ0n) is 13.7. The molecule has 1 heterocycles. The fraction of sp³-hybridized carbons (Fsp3) is 0.294. The molecule has 0 aliphatic rings. The highest BCUT2D eigenvalue weighted by Crippen LogP contribution is 2.19. The maximum Gasteiger partial charge on any atom is 0.412 e. The molecule has 2 rings (SSSR count). The van der Waals surface area contributed by atoms with Crippen LogP contribution in [0.5, 0.6) is 0 Å². The first kappa shape index (κ1) is 18.5. The first-order valence-electron chi connectivity index (χ1n) is 7.34. The van der Waals surface area contributed by atoms with Crippen molar-refractivity contribution in [1.82, 2.24) is 5.32 Å². The van der Waals surface area contributed by atoms with Gasteiger partial charge in [-0.1, -0.05) is 6.07 Å². The number of hydrogen-bond donors (Lipinski definition) is 2. The molecule has 24 heavy (non-hydrogen) atoms. The molecule has 5 nitrogen and oxygen atoms in total. The van der Waals surface area contributed by atoms with E-state index in [0.717, 1.165) is 9.35 Å². The topological polar surface area (TPSA) is 67.4 Å². The summed E-state index contributed by atoms with van der Waals surface area (Å²) in [5.74, 6) is -0.202. The minimum Gasteiger partial charge on any atom is -0.444 e. The number of thiophene rings is 1. The number of nitrogens with one attached hydrogen (secondary N) is 2. The highest BCUT2D eigenvalue weighted by Gasteiger charge is 2.16. The fourth-order valence-electron chi connectivity index (χ4n) is 1.88. The number of hydrogen-bond acceptors (Lipinski definition) is 4. The molecule has 1 aromatic heterocycles. The van der Waals surface area contributed by atoms with Crippen molar-refractivity contribution in [2.75, 3.05) is 5.32 Å². The molecule has 0 aliphatic heterocycles. The second-order valence-electron chi connectivity index (χ2n) is 6.12. The van der Waals surface area contributed by atoms with Gasteiger partial charge in [-0.2, -0.15) is 0 Å². The predicted molar refractivity (Wildman–Crippen MR) is 99.5 cm³/mol. The van der Waals surface area contributed by atoms with Crippen molar-refractivity contribution in [3.63, 3.8) is 0 Å². The molecule has 7 heteroatoms. The third-order valence-electron chi connectivity index (χ3n) is 2.81. The van der Waals surface area contributed by atoms with Crippen LogP contribution in [0.15, 0.2) is 40.2 Å². The van der Waals surface area contributed by atoms with Gasteiger partial charge in [-0.25, -0.2) is 4.79 Å². The summed E-state index contributed by atoms with van der Waals surface area (Å²) < 4.78 is 6.20. The van der Waals surface area contributed by atoms with Gasteiger partial charge in [0.1, 0.15) is 5.60 Å². The Morgan fingerprint density at radius 3 is 2.62 bits per heavy atom. The van der Waals surface area contributed by atoms with E-state index in [1.54, 1.807) is 56.4 Å². The zero-order chi connectivity index (χ0) is 17.7. The Bertz CT molecular complexity index is 737. The van der Waals surface area contributed by atoms with Gasteiger partial charge >= 0.3 is 6.09 Å². The van der Waals surface area contributed by atoms with E-state index in [2.05, 4.69) is 26.6 Å². The molecule has 0 saturated carbocycles. The standard InChI is InChI=1S/C17H19BrN2O3S/c1-17(2,3)23-16(22)20-13-6-4-5-11(7-13)15(21)19-9-14-8-12(18)10-24-14/h4-8,10H,9H2,1-3H3,(H,19,21)(H,20,22). The van der Waals surface area contributed by atoms with E-state index in [0.29, 0.717) is 17.8 Å². The van der Waals surface area contributed by atoms with Crippen LogP contribution in [0.3, 0.4) is 0 Å². The number of amides is 2. The van der Waals surface area contributed by atoms with Crippen LogP contribution in [0.1, 0.15) is 36.0 Å². The molecule has 0 bridgehead atoms. The number of halogens is 1. The molecule has 0 radical (unpaired) electrons. The van der Waals surface area contributed by atoms with Crippen LogP contribution in [0, 0.1) is 0 Å². The highest BCUT2D eigenvalue weighted by atomic mass is 79.9. The molecule has 2 amide bonds. The summed E-state index contributed by atoms with van der Waals surface area (Å²) in [5.41, 5.74) is 0.406. The quantitative estimate of drug-likeness (QED) is 0.761. The second kappa shape index (κ2) is 7.81. The number of rotatable bonds is 4. The average molecular weight is 411 g/mol. The van der Waals surface area contributed by atoms with E-state index in [4.69, 9.17) is 4.74 Å². The molecule has 128 valence electrons. The van der Waals surface area contributed by atoms with E-state index in [1.165, 1.54) is 0 Å². The largest absolute Gasteiger partial charge is 0.444 e. The van der Waals surface area contributed by atoms with Crippen molar-refractivity contribution >= 4 is 45.0 Å². The van der Waals surface area contributed by atoms with Gasteiger partial charge in [0.15, 0.2) is 0 Å². The first-order valence-corrected chi connectivity index (χ1v) is 9.01. The van der Waals surface area contributed by atoms with E-state index >= 15 is 0 Å². The number of benzene rings is 1. The van der Waals surface area contributed by atoms with E-state index < -0.39 is 11.7 Å². The van der Waals surface area contributed by atoms with Crippen molar-refractivity contribution in [3.05, 3.63) is 50.6 Å². The van der Waals surface area contributed by atoms with Crippen molar-refractivity contribution in [1.29, 1.82) is 0 Å². The fourth-order valence-corrected chi connectivity index (χ4v) is 3.27. The summed E-state index contributed by atoms with van der Waals surface area (Å²) in [7, 11) is 0. The van der Waals surface area contributed by atoms with Crippen LogP contribution in [0.4, 0.5) is 10.5 Å². The molecular formula is C17H19BrN2O3S. The highest BCUT2D eigenvalue weighted by molar-refractivity contribution is 9.10. The minimum absolute atomic E-state index is 0.202. The van der Waals surface area contributed by atoms with Gasteiger partial charge in [0, 0.05) is 26.0 Å². The lowest BCUT2D eigenvalue weighted by Gasteiger charge is -2.19. The SMILES string of the molecule is CC(C)(C)OC(=O)Nc1cccc(C(=O)NCc2cc(Br)cs2)c1. The lowest BCUT2D eigenvalue weighted by Crippen LogP contribution is -2.27. The van der Waals surface area contributed by atoms with Gasteiger partial charge in [0.2, 0.25) is 0 Å². The van der Waals surface area contributed by atoms with Crippen molar-refractivity contribution in [2.24, 2.45) is 0 Å². The van der Waals surface area contributed by atoms with Gasteiger partial charge in [0.25, 0.3) is 5.91 Å². The second-order valence-corrected chi connectivity index (χ2v) is 8.03. The zero-order valence-corrected chi connectivity index (χ0v) is 16.1. The Labute approximate surface area is 153 Å². The molecule has 0 saturated heterocycles. The molecule has 0 spiro atoms. The van der Waals surface area contributed by atoms with Gasteiger partial charge in [0.05, 0.1) is 6.54 Å². The van der Waals surface area contributed by atoms with Crippen LogP contribution < -0.4 is 10.6 Å². The summed E-state index contributed by atoms with van der Waals surface area (Å²) in [4.78, 5) is 25.1. The number of carbonyl (C=O) groups is 2. The smallest absolute Gasteiger partial charge is 0.412 e. The lowest BCUT2D eigenvalue weighted by molar-refractivity contribution is 0.0635. The normalized spacial score (nSPS) is 11.0. The van der Waals surface area contributed by atoms with Gasteiger partial charge < -0.3 is 10.1 Å². The van der Waals surface area contributed by atoms with Crippen LogP contribution in [-0.2, 0) is 11.3 Å². The minimum atomic E-state index is -0.575. The van der Waals surface area contributed by atoms with Crippen LogP contribution in [-0.4, -0.2) is 17.6 Å². The van der Waals surface area contributed by atoms with Crippen molar-refractivity contribution in [2.45, 2.75) is 32.9 Å². The Morgan fingerprint density at radius 1 is 1.25 bits per heavy atom. The Morgan fingerprint density at radius 2 is 2.00 bits per heavy atom. The van der Waals surface area contributed by atoms with Gasteiger partial charge in [-0.05, 0) is 61.0 Å².